The van der Waals surface area contributed by atoms with Gasteiger partial charge in [0.2, 0.25) is 5.91 Å². The molecule has 22 heavy (non-hydrogen) atoms. The third-order valence-corrected chi connectivity index (χ3v) is 4.03. The highest BCUT2D eigenvalue weighted by Gasteiger charge is 2.43. The summed E-state index contributed by atoms with van der Waals surface area (Å²) in [7, 11) is 0. The SMILES string of the molecule is O=C(NCCc1cccc(F)c1)C1CC1c1ccc(F)cc1. The molecule has 1 saturated carbocycles. The molecule has 0 spiro atoms. The van der Waals surface area contributed by atoms with E-state index < -0.39 is 0 Å². The van der Waals surface area contributed by atoms with Gasteiger partial charge >= 0.3 is 0 Å². The van der Waals surface area contributed by atoms with E-state index in [9.17, 15) is 13.6 Å². The fourth-order valence-corrected chi connectivity index (χ4v) is 2.72. The van der Waals surface area contributed by atoms with Crippen LogP contribution in [-0.2, 0) is 11.2 Å². The van der Waals surface area contributed by atoms with Gasteiger partial charge in [0.1, 0.15) is 11.6 Å². The Morgan fingerprint density at radius 3 is 2.59 bits per heavy atom. The van der Waals surface area contributed by atoms with Gasteiger partial charge in [-0.05, 0) is 54.2 Å². The van der Waals surface area contributed by atoms with Crippen LogP contribution in [-0.4, -0.2) is 12.5 Å². The van der Waals surface area contributed by atoms with Gasteiger partial charge in [-0.3, -0.25) is 4.79 Å². The Labute approximate surface area is 128 Å². The Bertz CT molecular complexity index is 669. The second-order valence-electron chi connectivity index (χ2n) is 5.67. The molecule has 0 bridgehead atoms. The van der Waals surface area contributed by atoms with E-state index in [4.69, 9.17) is 0 Å². The Morgan fingerprint density at radius 2 is 1.86 bits per heavy atom. The Kier molecular flexibility index (Phi) is 4.18. The molecule has 0 heterocycles. The average molecular weight is 301 g/mol. The van der Waals surface area contributed by atoms with Crippen LogP contribution in [0.15, 0.2) is 48.5 Å². The first-order valence-corrected chi connectivity index (χ1v) is 7.41. The molecule has 0 aliphatic heterocycles. The summed E-state index contributed by atoms with van der Waals surface area (Å²) in [6.45, 7) is 0.495. The van der Waals surface area contributed by atoms with Crippen molar-refractivity contribution in [3.8, 4) is 0 Å². The van der Waals surface area contributed by atoms with Crippen LogP contribution in [0.4, 0.5) is 8.78 Å². The fraction of sp³-hybridized carbons (Fsp3) is 0.278. The second kappa shape index (κ2) is 6.26. The molecule has 2 aromatic carbocycles. The third-order valence-electron chi connectivity index (χ3n) is 4.03. The van der Waals surface area contributed by atoms with Crippen LogP contribution in [0.5, 0.6) is 0 Å². The molecule has 114 valence electrons. The highest BCUT2D eigenvalue weighted by Crippen LogP contribution is 2.47. The molecule has 1 aliphatic rings. The first kappa shape index (κ1) is 14.7. The van der Waals surface area contributed by atoms with E-state index >= 15 is 0 Å². The molecular weight excluding hydrogens is 284 g/mol. The van der Waals surface area contributed by atoms with Crippen LogP contribution < -0.4 is 5.32 Å². The van der Waals surface area contributed by atoms with Crippen LogP contribution in [0, 0.1) is 17.6 Å². The molecule has 2 unspecified atom stereocenters. The van der Waals surface area contributed by atoms with Crippen molar-refractivity contribution < 1.29 is 13.6 Å². The van der Waals surface area contributed by atoms with E-state index in [-0.39, 0.29) is 29.4 Å². The molecule has 1 N–H and O–H groups in total. The molecule has 4 heteroatoms. The minimum absolute atomic E-state index is 0.0192. The third kappa shape index (κ3) is 3.50. The lowest BCUT2D eigenvalue weighted by atomic mass is 10.1. The summed E-state index contributed by atoms with van der Waals surface area (Å²) in [5.74, 6) is -0.346. The predicted molar refractivity (Wildman–Crippen MR) is 80.4 cm³/mol. The van der Waals surface area contributed by atoms with Crippen molar-refractivity contribution in [2.75, 3.05) is 6.54 Å². The first-order chi connectivity index (χ1) is 10.6. The summed E-state index contributed by atoms with van der Waals surface area (Å²) in [5, 5.41) is 2.89. The van der Waals surface area contributed by atoms with E-state index in [0.29, 0.717) is 13.0 Å². The minimum atomic E-state index is -0.263. The topological polar surface area (TPSA) is 29.1 Å². The van der Waals surface area contributed by atoms with Crippen LogP contribution in [0.1, 0.15) is 23.5 Å². The van der Waals surface area contributed by atoms with Crippen molar-refractivity contribution >= 4 is 5.91 Å². The molecule has 1 fully saturated rings. The van der Waals surface area contributed by atoms with Gasteiger partial charge in [-0.25, -0.2) is 8.78 Å². The number of carbonyl (C=O) groups is 1. The molecule has 0 radical (unpaired) electrons. The monoisotopic (exact) mass is 301 g/mol. The molecule has 3 rings (SSSR count). The molecule has 2 nitrogen and oxygen atoms in total. The fourth-order valence-electron chi connectivity index (χ4n) is 2.72. The lowest BCUT2D eigenvalue weighted by Gasteiger charge is -2.05. The van der Waals surface area contributed by atoms with Crippen LogP contribution in [0.2, 0.25) is 0 Å². The van der Waals surface area contributed by atoms with Crippen LogP contribution in [0.3, 0.4) is 0 Å². The molecule has 0 aromatic heterocycles. The van der Waals surface area contributed by atoms with Crippen LogP contribution in [0.25, 0.3) is 0 Å². The van der Waals surface area contributed by atoms with E-state index in [0.717, 1.165) is 17.5 Å². The number of amides is 1. The predicted octanol–water partition coefficient (Wildman–Crippen LogP) is 3.43. The molecule has 0 saturated heterocycles. The lowest BCUT2D eigenvalue weighted by Crippen LogP contribution is -2.27. The van der Waals surface area contributed by atoms with Gasteiger partial charge in [-0.2, -0.15) is 0 Å². The van der Waals surface area contributed by atoms with Crippen LogP contribution >= 0.6 is 0 Å². The maximum Gasteiger partial charge on any atom is 0.223 e. The van der Waals surface area contributed by atoms with Crippen molar-refractivity contribution in [3.05, 3.63) is 71.3 Å². The van der Waals surface area contributed by atoms with E-state index in [2.05, 4.69) is 5.32 Å². The largest absolute Gasteiger partial charge is 0.356 e. The van der Waals surface area contributed by atoms with Crippen molar-refractivity contribution in [2.24, 2.45) is 5.92 Å². The van der Waals surface area contributed by atoms with E-state index in [1.807, 2.05) is 6.07 Å². The average Bonchev–Trinajstić information content (AvgIpc) is 3.28. The Morgan fingerprint density at radius 1 is 1.09 bits per heavy atom. The number of nitrogens with one attached hydrogen (secondary N) is 1. The Balaban J connectivity index is 1.46. The molecule has 1 aliphatic carbocycles. The van der Waals surface area contributed by atoms with Crippen molar-refractivity contribution in [3.63, 3.8) is 0 Å². The van der Waals surface area contributed by atoms with E-state index in [1.54, 1.807) is 18.2 Å². The zero-order chi connectivity index (χ0) is 15.5. The van der Waals surface area contributed by atoms with Gasteiger partial charge < -0.3 is 5.32 Å². The van der Waals surface area contributed by atoms with Gasteiger partial charge in [-0.1, -0.05) is 24.3 Å². The van der Waals surface area contributed by atoms with Gasteiger partial charge in [0.05, 0.1) is 0 Å². The molecule has 2 atom stereocenters. The molecule has 1 amide bonds. The summed E-state index contributed by atoms with van der Waals surface area (Å²) in [5.41, 5.74) is 1.87. The number of rotatable bonds is 5. The molecule has 2 aromatic rings. The number of hydrogen-bond acceptors (Lipinski definition) is 1. The van der Waals surface area contributed by atoms with Crippen molar-refractivity contribution in [1.29, 1.82) is 0 Å². The number of carbonyl (C=O) groups excluding carboxylic acids is 1. The smallest absolute Gasteiger partial charge is 0.223 e. The summed E-state index contributed by atoms with van der Waals surface area (Å²) >= 11 is 0. The van der Waals surface area contributed by atoms with Gasteiger partial charge in [0.25, 0.3) is 0 Å². The van der Waals surface area contributed by atoms with Gasteiger partial charge in [-0.15, -0.1) is 0 Å². The van der Waals surface area contributed by atoms with Gasteiger partial charge in [0, 0.05) is 12.5 Å². The number of hydrogen-bond donors (Lipinski definition) is 1. The summed E-state index contributed by atoms with van der Waals surface area (Å²) in [6.07, 6.45) is 1.41. The summed E-state index contributed by atoms with van der Waals surface area (Å²) < 4.78 is 25.9. The highest BCUT2D eigenvalue weighted by molar-refractivity contribution is 5.82. The van der Waals surface area contributed by atoms with E-state index in [1.165, 1.54) is 24.3 Å². The zero-order valence-corrected chi connectivity index (χ0v) is 12.1. The number of benzene rings is 2. The van der Waals surface area contributed by atoms with Gasteiger partial charge in [0.15, 0.2) is 0 Å². The Hall–Kier alpha value is -2.23. The first-order valence-electron chi connectivity index (χ1n) is 7.41. The highest BCUT2D eigenvalue weighted by atomic mass is 19.1. The van der Waals surface area contributed by atoms with Crippen molar-refractivity contribution in [2.45, 2.75) is 18.8 Å². The standard InChI is InChI=1S/C18H17F2NO/c19-14-6-4-13(5-7-14)16-11-17(16)18(22)21-9-8-12-2-1-3-15(20)10-12/h1-7,10,16-17H,8-9,11H2,(H,21,22). The number of halogens is 2. The summed E-state index contributed by atoms with van der Waals surface area (Å²) in [4.78, 5) is 12.1. The molecular formula is C18H17F2NO. The lowest BCUT2D eigenvalue weighted by molar-refractivity contribution is -0.122. The second-order valence-corrected chi connectivity index (χ2v) is 5.67. The zero-order valence-electron chi connectivity index (χ0n) is 12.1. The normalized spacial score (nSPS) is 19.7. The van der Waals surface area contributed by atoms with Crippen molar-refractivity contribution in [1.82, 2.24) is 5.32 Å². The maximum absolute atomic E-state index is 13.0. The quantitative estimate of drug-likeness (QED) is 0.900. The minimum Gasteiger partial charge on any atom is -0.356 e. The maximum atomic E-state index is 13.0. The summed E-state index contributed by atoms with van der Waals surface area (Å²) in [6, 6.07) is 12.7.